The summed E-state index contributed by atoms with van der Waals surface area (Å²) in [6, 6.07) is 0. The Morgan fingerprint density at radius 3 is 1.35 bits per heavy atom. The van der Waals surface area contributed by atoms with E-state index in [2.05, 4.69) is 13.8 Å². The summed E-state index contributed by atoms with van der Waals surface area (Å²) in [6.07, 6.45) is 6.02. The zero-order chi connectivity index (χ0) is 15.7. The van der Waals surface area contributed by atoms with Crippen LogP contribution in [-0.4, -0.2) is 5.92 Å². The molecule has 0 heterocycles. The Labute approximate surface area is 127 Å². The molecule has 1 rings (SSSR count). The van der Waals surface area contributed by atoms with Crippen molar-refractivity contribution < 1.29 is 8.78 Å². The number of hydrogen-bond donors (Lipinski definition) is 0. The van der Waals surface area contributed by atoms with Crippen LogP contribution in [0.25, 0.3) is 0 Å². The van der Waals surface area contributed by atoms with Crippen LogP contribution in [0, 0.1) is 17.3 Å². The fourth-order valence-electron chi connectivity index (χ4n) is 2.16. The summed E-state index contributed by atoms with van der Waals surface area (Å²) in [5.74, 6) is -1.90. The highest BCUT2D eigenvalue weighted by Gasteiger charge is 2.71. The molecular formula is C18H38F2. The van der Waals surface area contributed by atoms with Gasteiger partial charge in [0.05, 0.1) is 0 Å². The molecule has 0 saturated heterocycles. The molecule has 0 aromatic heterocycles. The molecule has 1 fully saturated rings. The van der Waals surface area contributed by atoms with Crippen molar-refractivity contribution in [3.8, 4) is 0 Å². The number of allylic oxidation sites excluding steroid dienone is 2. The van der Waals surface area contributed by atoms with Gasteiger partial charge in [-0.05, 0) is 32.1 Å². The monoisotopic (exact) mass is 292 g/mol. The maximum Gasteiger partial charge on any atom is 0.254 e. The number of alkyl halides is 2. The third kappa shape index (κ3) is 8.01. The summed E-state index contributed by atoms with van der Waals surface area (Å²) in [4.78, 5) is 0. The third-order valence-electron chi connectivity index (χ3n) is 3.35. The van der Waals surface area contributed by atoms with Crippen LogP contribution in [0.3, 0.4) is 0 Å². The van der Waals surface area contributed by atoms with Crippen LogP contribution < -0.4 is 0 Å². The first-order valence-corrected chi connectivity index (χ1v) is 7.60. The van der Waals surface area contributed by atoms with Crippen molar-refractivity contribution >= 4 is 0 Å². The van der Waals surface area contributed by atoms with Crippen molar-refractivity contribution in [2.24, 2.45) is 17.3 Å². The molecule has 124 valence electrons. The van der Waals surface area contributed by atoms with Crippen molar-refractivity contribution in [2.75, 3.05) is 0 Å². The topological polar surface area (TPSA) is 0 Å². The van der Waals surface area contributed by atoms with E-state index < -0.39 is 11.3 Å². The molecule has 1 aliphatic carbocycles. The van der Waals surface area contributed by atoms with Gasteiger partial charge in [0.15, 0.2) is 0 Å². The summed E-state index contributed by atoms with van der Waals surface area (Å²) in [5.41, 5.74) is -0.666. The van der Waals surface area contributed by atoms with Crippen LogP contribution in [0.4, 0.5) is 8.78 Å². The molecule has 20 heavy (non-hydrogen) atoms. The first-order chi connectivity index (χ1) is 8.65. The van der Waals surface area contributed by atoms with Crippen molar-refractivity contribution in [3.63, 3.8) is 0 Å². The number of halogens is 2. The van der Waals surface area contributed by atoms with E-state index in [1.54, 1.807) is 0 Å². The van der Waals surface area contributed by atoms with Gasteiger partial charge in [-0.3, -0.25) is 0 Å². The standard InChI is InChI=1S/C10H18F2.C4H8.C3H8.CH4/c1-7(2)5-9(8(3)4)6-10(9,11)12;1-3-4-2;1-3-2;/h7-8H,5-6H2,1-4H3;3-4H,1-2H3;3H2,1-2H3;1H4/b;4-3+;;. The van der Waals surface area contributed by atoms with E-state index >= 15 is 0 Å². The molecule has 2 heteroatoms. The molecule has 0 N–H and O–H groups in total. The van der Waals surface area contributed by atoms with Crippen molar-refractivity contribution in [1.29, 1.82) is 0 Å². The van der Waals surface area contributed by atoms with Gasteiger partial charge in [0, 0.05) is 11.8 Å². The van der Waals surface area contributed by atoms with E-state index in [0.29, 0.717) is 12.3 Å². The summed E-state index contributed by atoms with van der Waals surface area (Å²) < 4.78 is 26.1. The lowest BCUT2D eigenvalue weighted by molar-refractivity contribution is 0.0349. The van der Waals surface area contributed by atoms with Crippen molar-refractivity contribution in [2.45, 2.75) is 88.0 Å². The second-order valence-electron chi connectivity index (χ2n) is 6.16. The first-order valence-electron chi connectivity index (χ1n) is 7.60. The molecule has 0 aromatic rings. The van der Waals surface area contributed by atoms with E-state index in [4.69, 9.17) is 0 Å². The highest BCUT2D eigenvalue weighted by Crippen LogP contribution is 2.67. The Bertz CT molecular complexity index is 238. The minimum Gasteiger partial charge on any atom is -0.206 e. The fourth-order valence-corrected chi connectivity index (χ4v) is 2.16. The fraction of sp³-hybridized carbons (Fsp3) is 0.889. The average Bonchev–Trinajstić information content (AvgIpc) is 2.82. The molecule has 0 nitrogen and oxygen atoms in total. The van der Waals surface area contributed by atoms with E-state index in [9.17, 15) is 8.78 Å². The summed E-state index contributed by atoms with van der Waals surface area (Å²) >= 11 is 0. The Balaban J connectivity index is -0.000000307. The van der Waals surface area contributed by atoms with Crippen LogP contribution in [0.1, 0.15) is 82.1 Å². The molecule has 1 aliphatic rings. The van der Waals surface area contributed by atoms with E-state index in [1.165, 1.54) is 6.42 Å². The second-order valence-corrected chi connectivity index (χ2v) is 6.16. The van der Waals surface area contributed by atoms with Gasteiger partial charge in [-0.2, -0.15) is 0 Å². The van der Waals surface area contributed by atoms with Gasteiger partial charge in [-0.1, -0.05) is 67.5 Å². The van der Waals surface area contributed by atoms with Crippen molar-refractivity contribution in [1.82, 2.24) is 0 Å². The third-order valence-corrected chi connectivity index (χ3v) is 3.35. The van der Waals surface area contributed by atoms with Crippen molar-refractivity contribution in [3.05, 3.63) is 12.2 Å². The van der Waals surface area contributed by atoms with Crippen LogP contribution in [0.5, 0.6) is 0 Å². The normalized spacial score (nSPS) is 22.6. The van der Waals surface area contributed by atoms with Gasteiger partial charge in [0.2, 0.25) is 0 Å². The zero-order valence-electron chi connectivity index (χ0n) is 14.2. The summed E-state index contributed by atoms with van der Waals surface area (Å²) in [6.45, 7) is 16.1. The maximum absolute atomic E-state index is 13.1. The van der Waals surface area contributed by atoms with Crippen LogP contribution in [0.2, 0.25) is 0 Å². The number of hydrogen-bond acceptors (Lipinski definition) is 0. The molecule has 1 saturated carbocycles. The predicted molar refractivity (Wildman–Crippen MR) is 89.5 cm³/mol. The lowest BCUT2D eigenvalue weighted by atomic mass is 9.84. The Hall–Kier alpha value is -0.400. The Morgan fingerprint density at radius 2 is 1.30 bits per heavy atom. The quantitative estimate of drug-likeness (QED) is 0.477. The van der Waals surface area contributed by atoms with E-state index in [-0.39, 0.29) is 19.8 Å². The van der Waals surface area contributed by atoms with Crippen LogP contribution >= 0.6 is 0 Å². The van der Waals surface area contributed by atoms with Crippen LogP contribution in [0.15, 0.2) is 12.2 Å². The van der Waals surface area contributed by atoms with E-state index in [1.807, 2.05) is 53.7 Å². The highest BCUT2D eigenvalue weighted by molar-refractivity contribution is 5.11. The van der Waals surface area contributed by atoms with Gasteiger partial charge in [-0.25, -0.2) is 8.78 Å². The first kappa shape index (κ1) is 24.6. The molecule has 1 unspecified atom stereocenters. The summed E-state index contributed by atoms with van der Waals surface area (Å²) in [7, 11) is 0. The van der Waals surface area contributed by atoms with Gasteiger partial charge in [0.25, 0.3) is 5.92 Å². The smallest absolute Gasteiger partial charge is 0.206 e. The largest absolute Gasteiger partial charge is 0.254 e. The molecular weight excluding hydrogens is 254 g/mol. The Morgan fingerprint density at radius 1 is 1.00 bits per heavy atom. The minimum absolute atomic E-state index is 0. The second kappa shape index (κ2) is 11.3. The predicted octanol–water partition coefficient (Wildman–Crippen LogP) is 7.35. The lowest BCUT2D eigenvalue weighted by Crippen LogP contribution is -2.20. The molecule has 0 aliphatic heterocycles. The average molecular weight is 292 g/mol. The highest BCUT2D eigenvalue weighted by atomic mass is 19.3. The van der Waals surface area contributed by atoms with Gasteiger partial charge >= 0.3 is 0 Å². The van der Waals surface area contributed by atoms with E-state index in [0.717, 1.165) is 0 Å². The minimum atomic E-state index is -2.38. The molecule has 0 spiro atoms. The van der Waals surface area contributed by atoms with Gasteiger partial charge in [0.1, 0.15) is 0 Å². The maximum atomic E-state index is 13.1. The SMILES string of the molecule is C.C/C=C/C.CC(C)CC1(C(C)C)CC1(F)F.CCC. The van der Waals surface area contributed by atoms with Crippen LogP contribution in [-0.2, 0) is 0 Å². The zero-order valence-corrected chi connectivity index (χ0v) is 14.2. The van der Waals surface area contributed by atoms with Gasteiger partial charge < -0.3 is 0 Å². The molecule has 1 atom stereocenters. The molecule has 0 amide bonds. The number of rotatable bonds is 3. The molecule has 0 radical (unpaired) electrons. The lowest BCUT2D eigenvalue weighted by Gasteiger charge is -2.22. The summed E-state index contributed by atoms with van der Waals surface area (Å²) in [5, 5.41) is 0. The molecule has 0 aromatic carbocycles. The van der Waals surface area contributed by atoms with Gasteiger partial charge in [-0.15, -0.1) is 0 Å². The Kier molecular flexibility index (Phi) is 13.9. The molecule has 0 bridgehead atoms.